The van der Waals surface area contributed by atoms with Crippen molar-refractivity contribution >= 4 is 0 Å². The summed E-state index contributed by atoms with van der Waals surface area (Å²) in [5.74, 6) is 0.906. The smallest absolute Gasteiger partial charge is 0.406 e. The van der Waals surface area contributed by atoms with E-state index in [4.69, 9.17) is 0 Å². The monoisotopic (exact) mass is 257 g/mol. The van der Waals surface area contributed by atoms with Gasteiger partial charge >= 0.3 is 6.36 Å². The molecule has 4 nitrogen and oxygen atoms in total. The first-order chi connectivity index (χ1) is 8.48. The highest BCUT2D eigenvalue weighted by molar-refractivity contribution is 5.55. The maximum absolute atomic E-state index is 12.0. The van der Waals surface area contributed by atoms with Crippen LogP contribution in [0.4, 0.5) is 13.2 Å². The summed E-state index contributed by atoms with van der Waals surface area (Å²) in [6.07, 6.45) is -3.97. The molecule has 2 aromatic rings. The highest BCUT2D eigenvalue weighted by Crippen LogP contribution is 2.25. The molecule has 0 aliphatic rings. The lowest BCUT2D eigenvalue weighted by Crippen LogP contribution is -2.16. The number of H-pyrrole nitrogens is 1. The summed E-state index contributed by atoms with van der Waals surface area (Å²) in [7, 11) is 0. The third kappa shape index (κ3) is 2.99. The van der Waals surface area contributed by atoms with Crippen LogP contribution in [0.25, 0.3) is 11.4 Å². The number of aromatic amines is 1. The minimum atomic E-state index is -4.68. The number of nitrogens with zero attached hydrogens (tertiary/aromatic N) is 2. The quantitative estimate of drug-likeness (QED) is 0.919. The van der Waals surface area contributed by atoms with Gasteiger partial charge in [-0.3, -0.25) is 5.10 Å². The number of rotatable bonds is 3. The van der Waals surface area contributed by atoms with Crippen molar-refractivity contribution in [1.82, 2.24) is 15.2 Å². The fourth-order valence-corrected chi connectivity index (χ4v) is 1.39. The zero-order chi connectivity index (χ0) is 13.2. The molecule has 1 heterocycles. The summed E-state index contributed by atoms with van der Waals surface area (Å²) < 4.78 is 39.7. The molecule has 2 rings (SSSR count). The molecule has 0 amide bonds. The first-order valence-corrected chi connectivity index (χ1v) is 5.25. The highest BCUT2D eigenvalue weighted by Gasteiger charge is 2.30. The predicted octanol–water partition coefficient (Wildman–Crippen LogP) is 2.93. The average Bonchev–Trinajstić information content (AvgIpc) is 2.76. The van der Waals surface area contributed by atoms with Crippen LogP contribution in [0.5, 0.6) is 5.75 Å². The Bertz CT molecular complexity index is 519. The molecule has 0 saturated carbocycles. The number of hydrogen-bond donors (Lipinski definition) is 1. The molecule has 1 N–H and O–H groups in total. The molecule has 0 radical (unpaired) electrons. The Morgan fingerprint density at radius 2 is 1.89 bits per heavy atom. The molecule has 96 valence electrons. The molecule has 7 heteroatoms. The average molecular weight is 257 g/mol. The zero-order valence-electron chi connectivity index (χ0n) is 9.45. The molecule has 0 saturated heterocycles. The van der Waals surface area contributed by atoms with E-state index in [0.717, 1.165) is 5.82 Å². The number of halogens is 3. The lowest BCUT2D eigenvalue weighted by molar-refractivity contribution is -0.274. The summed E-state index contributed by atoms with van der Waals surface area (Å²) in [6.45, 7) is 1.92. The van der Waals surface area contributed by atoms with Gasteiger partial charge in [-0.25, -0.2) is 4.98 Å². The number of aryl methyl sites for hydroxylation is 1. The van der Waals surface area contributed by atoms with Gasteiger partial charge in [-0.05, 0) is 24.3 Å². The molecule has 0 fully saturated rings. The Hall–Kier alpha value is -2.05. The van der Waals surface area contributed by atoms with Gasteiger partial charge in [0.05, 0.1) is 0 Å². The topological polar surface area (TPSA) is 50.8 Å². The van der Waals surface area contributed by atoms with Crippen LogP contribution in [-0.4, -0.2) is 21.5 Å². The van der Waals surface area contributed by atoms with Crippen LogP contribution in [0, 0.1) is 0 Å². The molecule has 0 spiro atoms. The van der Waals surface area contributed by atoms with E-state index in [-0.39, 0.29) is 5.75 Å². The second kappa shape index (κ2) is 4.67. The molecule has 18 heavy (non-hydrogen) atoms. The Balaban J connectivity index is 2.17. The number of ether oxygens (including phenoxy) is 1. The maximum Gasteiger partial charge on any atom is 0.573 e. The molecule has 0 atom stereocenters. The van der Waals surface area contributed by atoms with Gasteiger partial charge in [0.1, 0.15) is 11.6 Å². The first kappa shape index (κ1) is 12.4. The zero-order valence-corrected chi connectivity index (χ0v) is 9.45. The number of hydrogen-bond acceptors (Lipinski definition) is 3. The van der Waals surface area contributed by atoms with E-state index in [9.17, 15) is 13.2 Å². The Kier molecular flexibility index (Phi) is 3.22. The van der Waals surface area contributed by atoms with Gasteiger partial charge in [-0.1, -0.05) is 6.92 Å². The third-order valence-electron chi connectivity index (χ3n) is 2.21. The summed E-state index contributed by atoms with van der Waals surface area (Å²) in [6, 6.07) is 5.41. The van der Waals surface area contributed by atoms with E-state index in [1.54, 1.807) is 0 Å². The number of benzene rings is 1. The van der Waals surface area contributed by atoms with Gasteiger partial charge < -0.3 is 4.74 Å². The fourth-order valence-electron chi connectivity index (χ4n) is 1.39. The fraction of sp³-hybridized carbons (Fsp3) is 0.273. The van der Waals surface area contributed by atoms with Crippen molar-refractivity contribution in [2.24, 2.45) is 0 Å². The standard InChI is InChI=1S/C11H10F3N3O/c1-2-9-15-10(17-16-9)7-3-5-8(6-4-7)18-11(12,13)14/h3-6H,2H2,1H3,(H,15,16,17). The Morgan fingerprint density at radius 1 is 1.22 bits per heavy atom. The van der Waals surface area contributed by atoms with E-state index in [1.807, 2.05) is 6.92 Å². The molecule has 1 aromatic heterocycles. The van der Waals surface area contributed by atoms with E-state index in [0.29, 0.717) is 17.8 Å². The lowest BCUT2D eigenvalue weighted by Gasteiger charge is -2.08. The van der Waals surface area contributed by atoms with Crippen molar-refractivity contribution in [3.05, 3.63) is 30.1 Å². The van der Waals surface area contributed by atoms with E-state index in [1.165, 1.54) is 24.3 Å². The van der Waals surface area contributed by atoms with Gasteiger partial charge in [0, 0.05) is 12.0 Å². The second-order valence-corrected chi connectivity index (χ2v) is 3.53. The second-order valence-electron chi connectivity index (χ2n) is 3.53. The van der Waals surface area contributed by atoms with Crippen molar-refractivity contribution < 1.29 is 17.9 Å². The molecule has 0 aliphatic carbocycles. The molecule has 1 aromatic carbocycles. The van der Waals surface area contributed by atoms with E-state index >= 15 is 0 Å². The van der Waals surface area contributed by atoms with Crippen LogP contribution >= 0.6 is 0 Å². The van der Waals surface area contributed by atoms with Crippen LogP contribution < -0.4 is 4.74 Å². The third-order valence-corrected chi connectivity index (χ3v) is 2.21. The Morgan fingerprint density at radius 3 is 2.39 bits per heavy atom. The van der Waals surface area contributed by atoms with Crippen LogP contribution in [0.2, 0.25) is 0 Å². The van der Waals surface area contributed by atoms with Crippen molar-refractivity contribution in [1.29, 1.82) is 0 Å². The minimum absolute atomic E-state index is 0.266. The summed E-state index contributed by atoms with van der Waals surface area (Å²) in [5.41, 5.74) is 0.625. The van der Waals surface area contributed by atoms with Gasteiger partial charge in [0.25, 0.3) is 0 Å². The number of aromatic nitrogens is 3. The van der Waals surface area contributed by atoms with Gasteiger partial charge in [0.2, 0.25) is 0 Å². The van der Waals surface area contributed by atoms with Gasteiger partial charge in [-0.2, -0.15) is 5.10 Å². The van der Waals surface area contributed by atoms with E-state index < -0.39 is 6.36 Å². The Labute approximate surface area is 101 Å². The first-order valence-electron chi connectivity index (χ1n) is 5.25. The van der Waals surface area contributed by atoms with Crippen LogP contribution in [-0.2, 0) is 6.42 Å². The molecule has 0 unspecified atom stereocenters. The van der Waals surface area contributed by atoms with Crippen molar-refractivity contribution in [2.45, 2.75) is 19.7 Å². The summed E-state index contributed by atoms with van der Waals surface area (Å²) in [5, 5.41) is 6.70. The lowest BCUT2D eigenvalue weighted by atomic mass is 10.2. The normalized spacial score (nSPS) is 11.6. The van der Waals surface area contributed by atoms with Gasteiger partial charge in [-0.15, -0.1) is 13.2 Å². The van der Waals surface area contributed by atoms with Crippen LogP contribution in [0.3, 0.4) is 0 Å². The molecule has 0 bridgehead atoms. The molecule has 0 aliphatic heterocycles. The van der Waals surface area contributed by atoms with Crippen LogP contribution in [0.15, 0.2) is 24.3 Å². The molecular formula is C11H10F3N3O. The minimum Gasteiger partial charge on any atom is -0.406 e. The maximum atomic E-state index is 12.0. The highest BCUT2D eigenvalue weighted by atomic mass is 19.4. The number of nitrogens with one attached hydrogen (secondary N) is 1. The largest absolute Gasteiger partial charge is 0.573 e. The summed E-state index contributed by atoms with van der Waals surface area (Å²) >= 11 is 0. The SMILES string of the molecule is CCc1nc(-c2ccc(OC(F)(F)F)cc2)n[nH]1. The predicted molar refractivity (Wildman–Crippen MR) is 57.9 cm³/mol. The van der Waals surface area contributed by atoms with E-state index in [2.05, 4.69) is 19.9 Å². The van der Waals surface area contributed by atoms with Crippen molar-refractivity contribution in [3.8, 4) is 17.1 Å². The van der Waals surface area contributed by atoms with Gasteiger partial charge in [0.15, 0.2) is 5.82 Å². The summed E-state index contributed by atoms with van der Waals surface area (Å²) in [4.78, 5) is 4.17. The number of alkyl halides is 3. The molecular weight excluding hydrogens is 247 g/mol. The van der Waals surface area contributed by atoms with Crippen molar-refractivity contribution in [3.63, 3.8) is 0 Å². The van der Waals surface area contributed by atoms with Crippen molar-refractivity contribution in [2.75, 3.05) is 0 Å². The van der Waals surface area contributed by atoms with Crippen LogP contribution in [0.1, 0.15) is 12.7 Å².